The SMILES string of the molecule is CCc1ccc2oc(-c3cc(NC(=O)COc4ccc([N+](=O)[O-])cc4)ccc3Cl)nc2c1. The number of halogens is 1. The van der Waals surface area contributed by atoms with Gasteiger partial charge in [0, 0.05) is 17.8 Å². The van der Waals surface area contributed by atoms with E-state index in [4.69, 9.17) is 20.8 Å². The van der Waals surface area contributed by atoms with Crippen molar-refractivity contribution in [3.8, 4) is 17.2 Å². The number of nitro groups is 1. The first-order chi connectivity index (χ1) is 15.4. The number of aryl methyl sites for hydroxylation is 1. The highest BCUT2D eigenvalue weighted by molar-refractivity contribution is 6.33. The minimum atomic E-state index is -0.506. The van der Waals surface area contributed by atoms with Crippen molar-refractivity contribution in [1.82, 2.24) is 4.98 Å². The minimum Gasteiger partial charge on any atom is -0.484 e. The summed E-state index contributed by atoms with van der Waals surface area (Å²) in [6.45, 7) is 1.80. The van der Waals surface area contributed by atoms with E-state index in [0.29, 0.717) is 33.5 Å². The summed E-state index contributed by atoms with van der Waals surface area (Å²) in [5.74, 6) is 0.304. The lowest BCUT2D eigenvalue weighted by Gasteiger charge is -2.09. The number of non-ortho nitro benzene ring substituents is 1. The van der Waals surface area contributed by atoms with Gasteiger partial charge in [-0.1, -0.05) is 24.6 Å². The number of carbonyl (C=O) groups excluding carboxylic acids is 1. The smallest absolute Gasteiger partial charge is 0.269 e. The Morgan fingerprint density at radius 1 is 1.16 bits per heavy atom. The van der Waals surface area contributed by atoms with Gasteiger partial charge in [-0.05, 0) is 54.4 Å². The van der Waals surface area contributed by atoms with Crippen molar-refractivity contribution < 1.29 is 18.9 Å². The third-order valence-corrected chi connectivity index (χ3v) is 5.09. The van der Waals surface area contributed by atoms with Crippen LogP contribution in [0.25, 0.3) is 22.6 Å². The molecule has 0 radical (unpaired) electrons. The number of ether oxygens (including phenoxy) is 1. The molecule has 0 aliphatic rings. The number of benzene rings is 3. The molecule has 0 atom stereocenters. The van der Waals surface area contributed by atoms with E-state index >= 15 is 0 Å². The van der Waals surface area contributed by atoms with Crippen LogP contribution in [0.4, 0.5) is 11.4 Å². The van der Waals surface area contributed by atoms with E-state index in [1.54, 1.807) is 18.2 Å². The van der Waals surface area contributed by atoms with Gasteiger partial charge in [0.1, 0.15) is 11.3 Å². The molecule has 32 heavy (non-hydrogen) atoms. The normalized spacial score (nSPS) is 10.8. The van der Waals surface area contributed by atoms with Gasteiger partial charge in [-0.2, -0.15) is 0 Å². The lowest BCUT2D eigenvalue weighted by Crippen LogP contribution is -2.20. The Kier molecular flexibility index (Phi) is 6.04. The molecule has 0 aliphatic carbocycles. The van der Waals surface area contributed by atoms with Crippen LogP contribution in [0.1, 0.15) is 12.5 Å². The lowest BCUT2D eigenvalue weighted by atomic mass is 10.1. The van der Waals surface area contributed by atoms with Crippen LogP contribution in [0.3, 0.4) is 0 Å². The molecule has 9 heteroatoms. The zero-order valence-corrected chi connectivity index (χ0v) is 17.8. The first kappa shape index (κ1) is 21.3. The summed E-state index contributed by atoms with van der Waals surface area (Å²) in [6, 6.07) is 16.3. The Bertz CT molecular complexity index is 1300. The van der Waals surface area contributed by atoms with Crippen LogP contribution in [0.15, 0.2) is 65.1 Å². The molecule has 1 aromatic heterocycles. The van der Waals surface area contributed by atoms with Crippen molar-refractivity contribution in [2.45, 2.75) is 13.3 Å². The maximum Gasteiger partial charge on any atom is 0.269 e. The molecule has 1 heterocycles. The third-order valence-electron chi connectivity index (χ3n) is 4.76. The van der Waals surface area contributed by atoms with Gasteiger partial charge < -0.3 is 14.5 Å². The van der Waals surface area contributed by atoms with E-state index in [-0.39, 0.29) is 12.3 Å². The second kappa shape index (κ2) is 9.07. The standard InChI is InChI=1S/C23H18ClN3O5/c1-2-14-3-10-21-20(11-14)26-23(32-21)18-12-15(4-9-19(18)24)25-22(28)13-31-17-7-5-16(6-8-17)27(29)30/h3-12H,2,13H2,1H3,(H,25,28). The van der Waals surface area contributed by atoms with Crippen LogP contribution in [0.2, 0.25) is 5.02 Å². The fourth-order valence-corrected chi connectivity index (χ4v) is 3.28. The van der Waals surface area contributed by atoms with Gasteiger partial charge in [-0.15, -0.1) is 0 Å². The molecule has 0 saturated carbocycles. The molecule has 4 rings (SSSR count). The van der Waals surface area contributed by atoms with Crippen molar-refractivity contribution in [1.29, 1.82) is 0 Å². The molecule has 8 nitrogen and oxygen atoms in total. The Balaban J connectivity index is 1.46. The fraction of sp³-hybridized carbons (Fsp3) is 0.130. The summed E-state index contributed by atoms with van der Waals surface area (Å²) >= 11 is 6.34. The number of fused-ring (bicyclic) bond motifs is 1. The number of amides is 1. The quantitative estimate of drug-likeness (QED) is 0.288. The first-order valence-corrected chi connectivity index (χ1v) is 10.2. The maximum absolute atomic E-state index is 12.3. The molecule has 0 saturated heterocycles. The van der Waals surface area contributed by atoms with Gasteiger partial charge in [0.2, 0.25) is 5.89 Å². The molecule has 0 fully saturated rings. The number of aromatic nitrogens is 1. The summed E-state index contributed by atoms with van der Waals surface area (Å²) in [7, 11) is 0. The highest BCUT2D eigenvalue weighted by Crippen LogP contribution is 2.32. The molecule has 0 spiro atoms. The molecular weight excluding hydrogens is 434 g/mol. The van der Waals surface area contributed by atoms with Gasteiger partial charge >= 0.3 is 0 Å². The molecule has 0 bridgehead atoms. The number of nitrogens with one attached hydrogen (secondary N) is 1. The number of hydrogen-bond acceptors (Lipinski definition) is 6. The van der Waals surface area contributed by atoms with Crippen LogP contribution in [-0.2, 0) is 11.2 Å². The van der Waals surface area contributed by atoms with Crippen LogP contribution in [-0.4, -0.2) is 22.4 Å². The van der Waals surface area contributed by atoms with Crippen LogP contribution >= 0.6 is 11.6 Å². The van der Waals surface area contributed by atoms with Crippen molar-refractivity contribution in [3.05, 3.63) is 81.4 Å². The largest absolute Gasteiger partial charge is 0.484 e. The van der Waals surface area contributed by atoms with Crippen molar-refractivity contribution in [3.63, 3.8) is 0 Å². The van der Waals surface area contributed by atoms with Gasteiger partial charge in [0.25, 0.3) is 11.6 Å². The predicted molar refractivity (Wildman–Crippen MR) is 121 cm³/mol. The zero-order chi connectivity index (χ0) is 22.7. The van der Waals surface area contributed by atoms with Crippen molar-refractivity contribution >= 4 is 40.0 Å². The highest BCUT2D eigenvalue weighted by atomic mass is 35.5. The monoisotopic (exact) mass is 451 g/mol. The van der Waals surface area contributed by atoms with Crippen LogP contribution < -0.4 is 10.1 Å². The van der Waals surface area contributed by atoms with E-state index in [1.165, 1.54) is 24.3 Å². The molecule has 0 aliphatic heterocycles. The van der Waals surface area contributed by atoms with Gasteiger partial charge in [0.15, 0.2) is 12.2 Å². The number of hydrogen-bond donors (Lipinski definition) is 1. The highest BCUT2D eigenvalue weighted by Gasteiger charge is 2.14. The van der Waals surface area contributed by atoms with E-state index in [0.717, 1.165) is 17.5 Å². The number of oxazole rings is 1. The van der Waals surface area contributed by atoms with Gasteiger partial charge in [0.05, 0.1) is 15.5 Å². The number of nitro benzene ring substituents is 1. The lowest BCUT2D eigenvalue weighted by molar-refractivity contribution is -0.384. The number of carbonyl (C=O) groups is 1. The zero-order valence-electron chi connectivity index (χ0n) is 17.0. The summed E-state index contributed by atoms with van der Waals surface area (Å²) in [5, 5.41) is 13.9. The van der Waals surface area contributed by atoms with Crippen LogP contribution in [0, 0.1) is 10.1 Å². The van der Waals surface area contributed by atoms with Crippen molar-refractivity contribution in [2.24, 2.45) is 0 Å². The van der Waals surface area contributed by atoms with E-state index in [1.807, 2.05) is 18.2 Å². The van der Waals surface area contributed by atoms with Crippen molar-refractivity contribution in [2.75, 3.05) is 11.9 Å². The Hall–Kier alpha value is -3.91. The van der Waals surface area contributed by atoms with E-state index < -0.39 is 10.8 Å². The predicted octanol–water partition coefficient (Wildman–Crippen LogP) is 5.64. The topological polar surface area (TPSA) is 108 Å². The maximum atomic E-state index is 12.3. The molecular formula is C23H18ClN3O5. The van der Waals surface area contributed by atoms with E-state index in [2.05, 4.69) is 17.2 Å². The Morgan fingerprint density at radius 3 is 2.66 bits per heavy atom. The average molecular weight is 452 g/mol. The second-order valence-corrected chi connectivity index (χ2v) is 7.36. The Morgan fingerprint density at radius 2 is 1.94 bits per heavy atom. The minimum absolute atomic E-state index is 0.0550. The first-order valence-electron chi connectivity index (χ1n) is 9.79. The fourth-order valence-electron chi connectivity index (χ4n) is 3.09. The Labute approximate surface area is 187 Å². The second-order valence-electron chi connectivity index (χ2n) is 6.96. The molecule has 1 amide bonds. The van der Waals surface area contributed by atoms with E-state index in [9.17, 15) is 14.9 Å². The average Bonchev–Trinajstić information content (AvgIpc) is 3.22. The summed E-state index contributed by atoms with van der Waals surface area (Å²) in [5.41, 5.74) is 3.53. The number of anilines is 1. The number of nitrogens with zero attached hydrogens (tertiary/aromatic N) is 2. The van der Waals surface area contributed by atoms with Crippen LogP contribution in [0.5, 0.6) is 5.75 Å². The van der Waals surface area contributed by atoms with Gasteiger partial charge in [-0.25, -0.2) is 4.98 Å². The molecule has 162 valence electrons. The number of rotatable bonds is 7. The molecule has 3 aromatic carbocycles. The van der Waals surface area contributed by atoms with Gasteiger partial charge in [-0.3, -0.25) is 14.9 Å². The summed E-state index contributed by atoms with van der Waals surface area (Å²) < 4.78 is 11.2. The summed E-state index contributed by atoms with van der Waals surface area (Å²) in [4.78, 5) is 27.0. The molecule has 4 aromatic rings. The molecule has 1 N–H and O–H groups in total. The summed E-state index contributed by atoms with van der Waals surface area (Å²) in [6.07, 6.45) is 0.891. The molecule has 0 unspecified atom stereocenters. The third kappa shape index (κ3) is 4.70.